The van der Waals surface area contributed by atoms with E-state index in [1.54, 1.807) is 22.9 Å². The van der Waals surface area contributed by atoms with Gasteiger partial charge in [0.15, 0.2) is 0 Å². The molecule has 20 heavy (non-hydrogen) atoms. The Morgan fingerprint density at radius 2 is 1.95 bits per heavy atom. The summed E-state index contributed by atoms with van der Waals surface area (Å²) in [4.78, 5) is 25.6. The molecule has 7 nitrogen and oxygen atoms in total. The molecule has 0 fully saturated rings. The van der Waals surface area contributed by atoms with Crippen molar-refractivity contribution in [1.29, 1.82) is 0 Å². The molecule has 0 saturated heterocycles. The van der Waals surface area contributed by atoms with Crippen molar-refractivity contribution in [3.8, 4) is 0 Å². The molecule has 2 N–H and O–H groups in total. The summed E-state index contributed by atoms with van der Waals surface area (Å²) in [5, 5.41) is 10.7. The van der Waals surface area contributed by atoms with Gasteiger partial charge in [0, 0.05) is 31.9 Å². The highest BCUT2D eigenvalue weighted by Crippen LogP contribution is 2.26. The fraction of sp³-hybridized carbons (Fsp3) is 0.462. The highest BCUT2D eigenvalue weighted by Gasteiger charge is 2.16. The molecular formula is C13H20N4O3. The second-order valence-corrected chi connectivity index (χ2v) is 4.42. The van der Waals surface area contributed by atoms with Crippen LogP contribution in [0.1, 0.15) is 13.8 Å². The van der Waals surface area contributed by atoms with Crippen LogP contribution in [0.5, 0.6) is 0 Å². The van der Waals surface area contributed by atoms with E-state index in [0.29, 0.717) is 18.8 Å². The molecule has 0 bridgehead atoms. The Hall–Kier alpha value is -2.31. The number of benzene rings is 1. The number of nitrogens with two attached hydrogens (primary N) is 1. The second kappa shape index (κ2) is 6.74. The van der Waals surface area contributed by atoms with Gasteiger partial charge >= 0.3 is 0 Å². The minimum Gasteiger partial charge on any atom is -0.393 e. The van der Waals surface area contributed by atoms with E-state index in [4.69, 9.17) is 5.73 Å². The van der Waals surface area contributed by atoms with Gasteiger partial charge in [-0.1, -0.05) is 0 Å². The van der Waals surface area contributed by atoms with E-state index in [-0.39, 0.29) is 23.8 Å². The Kier molecular flexibility index (Phi) is 5.31. The zero-order valence-electron chi connectivity index (χ0n) is 12.0. The fourth-order valence-electron chi connectivity index (χ4n) is 1.92. The standard InChI is InChI=1S/C13H20N4O3/c1-4-16(5-2)13(18)9-15(3)10-6-7-12(17(19)20)11(14)8-10/h6-8H,4-5,9,14H2,1-3H3. The number of nitro groups is 1. The van der Waals surface area contributed by atoms with Gasteiger partial charge < -0.3 is 15.5 Å². The lowest BCUT2D eigenvalue weighted by atomic mass is 10.2. The van der Waals surface area contributed by atoms with E-state index in [0.717, 1.165) is 0 Å². The molecule has 1 amide bonds. The van der Waals surface area contributed by atoms with Crippen molar-refractivity contribution in [2.45, 2.75) is 13.8 Å². The number of carbonyl (C=O) groups is 1. The number of likely N-dealkylation sites (N-methyl/N-ethyl adjacent to an activating group) is 2. The van der Waals surface area contributed by atoms with Gasteiger partial charge in [0.2, 0.25) is 5.91 Å². The average Bonchev–Trinajstić information content (AvgIpc) is 2.39. The third kappa shape index (κ3) is 3.59. The van der Waals surface area contributed by atoms with Gasteiger partial charge in [-0.25, -0.2) is 0 Å². The highest BCUT2D eigenvalue weighted by molar-refractivity contribution is 5.82. The van der Waals surface area contributed by atoms with Crippen molar-refractivity contribution in [1.82, 2.24) is 4.90 Å². The molecule has 0 spiro atoms. The summed E-state index contributed by atoms with van der Waals surface area (Å²) in [6.07, 6.45) is 0. The summed E-state index contributed by atoms with van der Waals surface area (Å²) < 4.78 is 0. The predicted molar refractivity (Wildman–Crippen MR) is 78.7 cm³/mol. The van der Waals surface area contributed by atoms with Crippen LogP contribution >= 0.6 is 0 Å². The van der Waals surface area contributed by atoms with Gasteiger partial charge in [-0.05, 0) is 26.0 Å². The summed E-state index contributed by atoms with van der Waals surface area (Å²) in [6.45, 7) is 5.37. The van der Waals surface area contributed by atoms with Gasteiger partial charge in [0.1, 0.15) is 5.69 Å². The predicted octanol–water partition coefficient (Wildman–Crippen LogP) is 1.48. The molecule has 0 saturated carbocycles. The van der Waals surface area contributed by atoms with Crippen LogP contribution in [0.4, 0.5) is 17.1 Å². The van der Waals surface area contributed by atoms with Gasteiger partial charge in [-0.3, -0.25) is 14.9 Å². The molecule has 0 radical (unpaired) electrons. The van der Waals surface area contributed by atoms with Crippen molar-refractivity contribution in [2.24, 2.45) is 0 Å². The van der Waals surface area contributed by atoms with Crippen molar-refractivity contribution in [2.75, 3.05) is 37.3 Å². The lowest BCUT2D eigenvalue weighted by molar-refractivity contribution is -0.383. The van der Waals surface area contributed by atoms with Crippen molar-refractivity contribution in [3.63, 3.8) is 0 Å². The van der Waals surface area contributed by atoms with E-state index in [9.17, 15) is 14.9 Å². The fourth-order valence-corrected chi connectivity index (χ4v) is 1.92. The maximum Gasteiger partial charge on any atom is 0.292 e. The molecule has 110 valence electrons. The number of carbonyl (C=O) groups excluding carboxylic acids is 1. The Morgan fingerprint density at radius 1 is 1.35 bits per heavy atom. The molecule has 0 aliphatic heterocycles. The number of amides is 1. The Balaban J connectivity index is 2.83. The first kappa shape index (κ1) is 15.7. The zero-order chi connectivity index (χ0) is 15.3. The van der Waals surface area contributed by atoms with Crippen LogP contribution in [0.25, 0.3) is 0 Å². The van der Waals surface area contributed by atoms with Crippen LogP contribution in [-0.2, 0) is 4.79 Å². The minimum absolute atomic E-state index is 0.00873. The molecule has 0 aliphatic carbocycles. The monoisotopic (exact) mass is 280 g/mol. The number of anilines is 2. The van der Waals surface area contributed by atoms with Crippen molar-refractivity contribution in [3.05, 3.63) is 28.3 Å². The lowest BCUT2D eigenvalue weighted by Crippen LogP contribution is -2.38. The quantitative estimate of drug-likeness (QED) is 0.484. The summed E-state index contributed by atoms with van der Waals surface area (Å²) >= 11 is 0. The molecule has 7 heteroatoms. The smallest absolute Gasteiger partial charge is 0.292 e. The van der Waals surface area contributed by atoms with Crippen LogP contribution in [0.3, 0.4) is 0 Å². The summed E-state index contributed by atoms with van der Waals surface area (Å²) in [5.74, 6) is 0.00873. The molecule has 0 aromatic heterocycles. The number of rotatable bonds is 6. The molecule has 1 rings (SSSR count). The minimum atomic E-state index is -0.528. The first-order valence-electron chi connectivity index (χ1n) is 6.43. The zero-order valence-corrected chi connectivity index (χ0v) is 12.0. The molecule has 1 aromatic rings. The molecular weight excluding hydrogens is 260 g/mol. The normalized spacial score (nSPS) is 10.2. The van der Waals surface area contributed by atoms with Gasteiger partial charge in [0.05, 0.1) is 11.5 Å². The lowest BCUT2D eigenvalue weighted by Gasteiger charge is -2.24. The Labute approximate surface area is 118 Å². The second-order valence-electron chi connectivity index (χ2n) is 4.42. The topological polar surface area (TPSA) is 92.7 Å². The largest absolute Gasteiger partial charge is 0.393 e. The van der Waals surface area contributed by atoms with Crippen LogP contribution < -0.4 is 10.6 Å². The van der Waals surface area contributed by atoms with Crippen LogP contribution in [0.2, 0.25) is 0 Å². The molecule has 0 unspecified atom stereocenters. The third-order valence-electron chi connectivity index (χ3n) is 3.14. The van der Waals surface area contributed by atoms with E-state index < -0.39 is 4.92 Å². The number of hydrogen-bond acceptors (Lipinski definition) is 5. The number of nitrogen functional groups attached to an aromatic ring is 1. The van der Waals surface area contributed by atoms with Crippen LogP contribution in [0, 0.1) is 10.1 Å². The van der Waals surface area contributed by atoms with Gasteiger partial charge in [-0.15, -0.1) is 0 Å². The van der Waals surface area contributed by atoms with Crippen LogP contribution in [0.15, 0.2) is 18.2 Å². The number of nitrogens with zero attached hydrogens (tertiary/aromatic N) is 3. The molecule has 0 heterocycles. The van der Waals surface area contributed by atoms with Crippen molar-refractivity contribution >= 4 is 23.0 Å². The highest BCUT2D eigenvalue weighted by atomic mass is 16.6. The Bertz CT molecular complexity index is 500. The van der Waals surface area contributed by atoms with E-state index in [1.165, 1.54) is 12.1 Å². The van der Waals surface area contributed by atoms with Crippen molar-refractivity contribution < 1.29 is 9.72 Å². The van der Waals surface area contributed by atoms with E-state index in [2.05, 4.69) is 0 Å². The molecule has 0 aliphatic rings. The van der Waals surface area contributed by atoms with Gasteiger partial charge in [-0.2, -0.15) is 0 Å². The van der Waals surface area contributed by atoms with Gasteiger partial charge in [0.25, 0.3) is 5.69 Å². The summed E-state index contributed by atoms with van der Waals surface area (Å²) in [6, 6.07) is 4.45. The average molecular weight is 280 g/mol. The number of hydrogen-bond donors (Lipinski definition) is 1. The summed E-state index contributed by atoms with van der Waals surface area (Å²) in [7, 11) is 1.75. The molecule has 1 aromatic carbocycles. The third-order valence-corrected chi connectivity index (χ3v) is 3.14. The SMILES string of the molecule is CCN(CC)C(=O)CN(C)c1ccc([N+](=O)[O-])c(N)c1. The first-order valence-corrected chi connectivity index (χ1v) is 6.43. The van der Waals surface area contributed by atoms with E-state index in [1.807, 2.05) is 13.8 Å². The van der Waals surface area contributed by atoms with Crippen LogP contribution in [-0.4, -0.2) is 42.4 Å². The van der Waals surface area contributed by atoms with E-state index >= 15 is 0 Å². The first-order chi connectivity index (χ1) is 9.40. The maximum atomic E-state index is 12.0. The molecule has 0 atom stereocenters. The number of nitro benzene ring substituents is 1. The summed E-state index contributed by atoms with van der Waals surface area (Å²) in [5.41, 5.74) is 6.28. The Morgan fingerprint density at radius 3 is 2.40 bits per heavy atom. The maximum absolute atomic E-state index is 12.0.